The lowest BCUT2D eigenvalue weighted by Crippen LogP contribution is -2.52. The van der Waals surface area contributed by atoms with Crippen LogP contribution < -0.4 is 14.4 Å². The second-order valence-electron chi connectivity index (χ2n) is 9.17. The first kappa shape index (κ1) is 29.6. The molecule has 2 atom stereocenters. The molecule has 3 aromatic carbocycles. The number of carbonyl (C=O) groups is 2. The Morgan fingerprint density at radius 3 is 2.26 bits per heavy atom. The summed E-state index contributed by atoms with van der Waals surface area (Å²) in [6, 6.07) is 18.6. The van der Waals surface area contributed by atoms with Crippen LogP contribution in [-0.4, -0.2) is 50.9 Å². The van der Waals surface area contributed by atoms with Crippen molar-refractivity contribution in [2.75, 3.05) is 18.0 Å². The van der Waals surface area contributed by atoms with Gasteiger partial charge in [0.2, 0.25) is 11.8 Å². The van der Waals surface area contributed by atoms with Gasteiger partial charge in [-0.15, -0.1) is 0 Å². The number of hydrogen-bond acceptors (Lipinski definition) is 5. The number of nitrogens with zero attached hydrogens (tertiary/aromatic N) is 2. The van der Waals surface area contributed by atoms with Gasteiger partial charge in [0.25, 0.3) is 10.0 Å². The highest BCUT2D eigenvalue weighted by Crippen LogP contribution is 2.25. The Kier molecular flexibility index (Phi) is 10.1. The Bertz CT molecular complexity index is 1370. The Morgan fingerprint density at radius 1 is 0.974 bits per heavy atom. The molecular formula is C29H34FN3O5S. The van der Waals surface area contributed by atoms with Crippen LogP contribution in [0.4, 0.5) is 10.1 Å². The third-order valence-electron chi connectivity index (χ3n) is 6.38. The molecule has 3 rings (SSSR count). The number of amides is 2. The molecule has 2 amide bonds. The summed E-state index contributed by atoms with van der Waals surface area (Å²) in [4.78, 5) is 28.3. The lowest BCUT2D eigenvalue weighted by Gasteiger charge is -2.32. The highest BCUT2D eigenvalue weighted by atomic mass is 32.2. The fraction of sp³-hybridized carbons (Fsp3) is 0.310. The number of hydrogen-bond donors (Lipinski definition) is 1. The number of ether oxygens (including phenoxy) is 1. The molecule has 1 N–H and O–H groups in total. The number of methoxy groups -OCH3 is 1. The summed E-state index contributed by atoms with van der Waals surface area (Å²) in [5.41, 5.74) is 0.816. The first-order chi connectivity index (χ1) is 18.6. The van der Waals surface area contributed by atoms with Crippen LogP contribution in [0.15, 0.2) is 83.8 Å². The SMILES string of the molecule is CC[C@@H](C)NC(=O)[C@H](C)N(Cc1cccc(OC)c1)C(=O)CN(c1ccc(F)cc1)S(=O)(=O)c1ccccc1. The van der Waals surface area contributed by atoms with Crippen LogP contribution >= 0.6 is 0 Å². The maximum Gasteiger partial charge on any atom is 0.264 e. The van der Waals surface area contributed by atoms with E-state index < -0.39 is 34.3 Å². The molecule has 0 aromatic heterocycles. The van der Waals surface area contributed by atoms with Crippen LogP contribution in [-0.2, 0) is 26.2 Å². The molecule has 0 fully saturated rings. The minimum Gasteiger partial charge on any atom is -0.497 e. The summed E-state index contributed by atoms with van der Waals surface area (Å²) < 4.78 is 47.3. The zero-order chi connectivity index (χ0) is 28.6. The maximum absolute atomic E-state index is 13.9. The fourth-order valence-corrected chi connectivity index (χ4v) is 5.31. The summed E-state index contributed by atoms with van der Waals surface area (Å²) in [7, 11) is -2.68. The first-order valence-corrected chi connectivity index (χ1v) is 14.1. The molecule has 0 saturated carbocycles. The molecule has 208 valence electrons. The quantitative estimate of drug-likeness (QED) is 0.358. The summed E-state index contributed by atoms with van der Waals surface area (Å²) in [5.74, 6) is -0.929. The lowest BCUT2D eigenvalue weighted by molar-refractivity contribution is -0.139. The van der Waals surface area contributed by atoms with Gasteiger partial charge >= 0.3 is 0 Å². The van der Waals surface area contributed by atoms with E-state index in [1.54, 1.807) is 49.4 Å². The largest absolute Gasteiger partial charge is 0.497 e. The predicted molar refractivity (Wildman–Crippen MR) is 148 cm³/mol. The molecule has 0 aliphatic rings. The molecule has 10 heteroatoms. The Labute approximate surface area is 229 Å². The zero-order valence-corrected chi connectivity index (χ0v) is 23.3. The van der Waals surface area contributed by atoms with Gasteiger partial charge in [0.1, 0.15) is 24.2 Å². The third kappa shape index (κ3) is 7.57. The maximum atomic E-state index is 13.9. The molecule has 0 unspecified atom stereocenters. The monoisotopic (exact) mass is 555 g/mol. The highest BCUT2D eigenvalue weighted by molar-refractivity contribution is 7.92. The van der Waals surface area contributed by atoms with E-state index in [1.807, 2.05) is 13.8 Å². The van der Waals surface area contributed by atoms with Crippen LogP contribution in [0.5, 0.6) is 5.75 Å². The third-order valence-corrected chi connectivity index (χ3v) is 8.17. The van der Waals surface area contributed by atoms with Gasteiger partial charge in [-0.2, -0.15) is 0 Å². The molecular weight excluding hydrogens is 521 g/mol. The van der Waals surface area contributed by atoms with Crippen LogP contribution in [0.2, 0.25) is 0 Å². The normalized spacial score (nSPS) is 12.7. The minimum absolute atomic E-state index is 0.0240. The topological polar surface area (TPSA) is 96.0 Å². The molecule has 39 heavy (non-hydrogen) atoms. The predicted octanol–water partition coefficient (Wildman–Crippen LogP) is 4.36. The van der Waals surface area contributed by atoms with E-state index >= 15 is 0 Å². The lowest BCUT2D eigenvalue weighted by atomic mass is 10.1. The molecule has 0 spiro atoms. The number of rotatable bonds is 12. The molecule has 0 radical (unpaired) electrons. The van der Waals surface area contributed by atoms with E-state index in [0.29, 0.717) is 17.7 Å². The number of benzene rings is 3. The van der Waals surface area contributed by atoms with Crippen molar-refractivity contribution in [3.63, 3.8) is 0 Å². The van der Waals surface area contributed by atoms with Crippen molar-refractivity contribution in [1.82, 2.24) is 10.2 Å². The fourth-order valence-electron chi connectivity index (χ4n) is 3.87. The molecule has 0 saturated heterocycles. The molecule has 0 aliphatic heterocycles. The summed E-state index contributed by atoms with van der Waals surface area (Å²) in [6.45, 7) is 4.83. The van der Waals surface area contributed by atoms with Crippen LogP contribution in [0.1, 0.15) is 32.8 Å². The highest BCUT2D eigenvalue weighted by Gasteiger charge is 2.32. The van der Waals surface area contributed by atoms with Crippen molar-refractivity contribution in [3.8, 4) is 5.75 Å². The van der Waals surface area contributed by atoms with Gasteiger partial charge in [-0.05, 0) is 74.4 Å². The second-order valence-corrected chi connectivity index (χ2v) is 11.0. The Hall–Kier alpha value is -3.92. The van der Waals surface area contributed by atoms with Gasteiger partial charge in [-0.3, -0.25) is 13.9 Å². The van der Waals surface area contributed by atoms with Gasteiger partial charge < -0.3 is 15.0 Å². The molecule has 0 aliphatic carbocycles. The number of carbonyl (C=O) groups excluding carboxylic acids is 2. The van der Waals surface area contributed by atoms with Gasteiger partial charge in [-0.25, -0.2) is 12.8 Å². The van der Waals surface area contributed by atoms with Crippen molar-refractivity contribution >= 4 is 27.5 Å². The van der Waals surface area contributed by atoms with Crippen molar-refractivity contribution in [2.45, 2.75) is 50.7 Å². The number of halogens is 1. The molecule has 0 bridgehead atoms. The molecule has 8 nitrogen and oxygen atoms in total. The number of nitrogens with one attached hydrogen (secondary N) is 1. The van der Waals surface area contributed by atoms with Crippen LogP contribution in [0, 0.1) is 5.82 Å². The first-order valence-electron chi connectivity index (χ1n) is 12.6. The molecule has 0 heterocycles. The van der Waals surface area contributed by atoms with Gasteiger partial charge in [0.05, 0.1) is 17.7 Å². The Balaban J connectivity index is 2.01. The number of sulfonamides is 1. The molecule has 3 aromatic rings. The zero-order valence-electron chi connectivity index (χ0n) is 22.5. The van der Waals surface area contributed by atoms with E-state index in [-0.39, 0.29) is 29.1 Å². The van der Waals surface area contributed by atoms with E-state index in [2.05, 4.69) is 5.32 Å². The summed E-state index contributed by atoms with van der Waals surface area (Å²) in [5, 5.41) is 2.89. The van der Waals surface area contributed by atoms with E-state index in [9.17, 15) is 22.4 Å². The van der Waals surface area contributed by atoms with Crippen molar-refractivity contribution < 1.29 is 27.1 Å². The standard InChI is InChI=1S/C29H34FN3O5S/c1-5-21(2)31-29(35)22(3)32(19-23-10-9-11-26(18-23)38-4)28(34)20-33(25-16-14-24(30)15-17-25)39(36,37)27-12-7-6-8-13-27/h6-18,21-22H,5,19-20H2,1-4H3,(H,31,35)/t21-,22+/m1/s1. The number of anilines is 1. The van der Waals surface area contributed by atoms with E-state index in [1.165, 1.54) is 36.3 Å². The summed E-state index contributed by atoms with van der Waals surface area (Å²) in [6.07, 6.45) is 0.704. The van der Waals surface area contributed by atoms with Crippen LogP contribution in [0.25, 0.3) is 0 Å². The van der Waals surface area contributed by atoms with Gasteiger partial charge in [-0.1, -0.05) is 37.3 Å². The van der Waals surface area contributed by atoms with Crippen molar-refractivity contribution in [2.24, 2.45) is 0 Å². The van der Waals surface area contributed by atoms with Gasteiger partial charge in [0.15, 0.2) is 0 Å². The Morgan fingerprint density at radius 2 is 1.64 bits per heavy atom. The van der Waals surface area contributed by atoms with Crippen molar-refractivity contribution in [3.05, 3.63) is 90.2 Å². The smallest absolute Gasteiger partial charge is 0.264 e. The van der Waals surface area contributed by atoms with E-state index in [0.717, 1.165) is 16.4 Å². The average Bonchev–Trinajstić information content (AvgIpc) is 2.95. The van der Waals surface area contributed by atoms with Crippen LogP contribution in [0.3, 0.4) is 0 Å². The average molecular weight is 556 g/mol. The minimum atomic E-state index is -4.21. The summed E-state index contributed by atoms with van der Waals surface area (Å²) >= 11 is 0. The van der Waals surface area contributed by atoms with Crippen molar-refractivity contribution in [1.29, 1.82) is 0 Å². The van der Waals surface area contributed by atoms with E-state index in [4.69, 9.17) is 4.74 Å². The second kappa shape index (κ2) is 13.2. The van der Waals surface area contributed by atoms with Gasteiger partial charge in [0, 0.05) is 12.6 Å².